The third-order valence-electron chi connectivity index (χ3n) is 12.5. The van der Waals surface area contributed by atoms with Gasteiger partial charge in [0.25, 0.3) is 0 Å². The molecular formula is C43H42FN11O6S. The molecule has 6 aromatic rings. The largest absolute Gasteiger partial charge is 0.485 e. The Hall–Kier alpha value is -6.44. The average molecular weight is 860 g/mol. The van der Waals surface area contributed by atoms with E-state index in [4.69, 9.17) is 9.47 Å². The normalized spacial score (nSPS) is 23.4. The highest BCUT2D eigenvalue weighted by molar-refractivity contribution is 7.91. The molecule has 5 aliphatic rings. The molecule has 0 saturated carbocycles. The summed E-state index contributed by atoms with van der Waals surface area (Å²) in [4.78, 5) is 40.2. The summed E-state index contributed by atoms with van der Waals surface area (Å²) in [6.07, 6.45) is 7.06. The minimum absolute atomic E-state index is 0.00696. The molecule has 318 valence electrons. The summed E-state index contributed by atoms with van der Waals surface area (Å²) in [7, 11) is -4.10. The van der Waals surface area contributed by atoms with E-state index < -0.39 is 21.7 Å². The molecule has 2 amide bonds. The number of sulfone groups is 1. The Balaban J connectivity index is 0.791. The van der Waals surface area contributed by atoms with E-state index in [1.165, 1.54) is 23.0 Å². The molecule has 11 rings (SSSR count). The van der Waals surface area contributed by atoms with Crippen LogP contribution in [0.2, 0.25) is 0 Å². The van der Waals surface area contributed by atoms with Crippen LogP contribution in [0.15, 0.2) is 89.2 Å². The van der Waals surface area contributed by atoms with Crippen LogP contribution in [0.5, 0.6) is 5.75 Å². The summed E-state index contributed by atoms with van der Waals surface area (Å²) in [6, 6.07) is 17.1. The molecular weight excluding hydrogens is 818 g/mol. The number of amides is 2. The molecule has 5 aliphatic heterocycles. The lowest BCUT2D eigenvalue weighted by Gasteiger charge is -2.57. The van der Waals surface area contributed by atoms with E-state index in [2.05, 4.69) is 68.8 Å². The number of nitrogens with zero attached hydrogens (tertiary/aromatic N) is 8. The maximum absolute atomic E-state index is 15.7. The van der Waals surface area contributed by atoms with E-state index in [0.29, 0.717) is 42.0 Å². The fourth-order valence-corrected chi connectivity index (χ4v) is 10.8. The summed E-state index contributed by atoms with van der Waals surface area (Å²) in [5, 5.41) is 16.5. The van der Waals surface area contributed by atoms with Gasteiger partial charge in [0.1, 0.15) is 30.2 Å². The first kappa shape index (κ1) is 38.5. The van der Waals surface area contributed by atoms with E-state index in [9.17, 15) is 18.0 Å². The molecule has 0 spiro atoms. The first-order valence-corrected chi connectivity index (χ1v) is 22.2. The fourth-order valence-electron chi connectivity index (χ4n) is 9.45. The summed E-state index contributed by atoms with van der Waals surface area (Å²) in [5.74, 6) is -0.841. The van der Waals surface area contributed by atoms with Crippen molar-refractivity contribution in [3.8, 4) is 17.0 Å². The van der Waals surface area contributed by atoms with Crippen molar-refractivity contribution in [1.29, 1.82) is 0 Å². The lowest BCUT2D eigenvalue weighted by Crippen LogP contribution is -2.69. The first-order chi connectivity index (χ1) is 30.0. The van der Waals surface area contributed by atoms with Crippen LogP contribution in [0.25, 0.3) is 16.9 Å². The fraction of sp³-hybridized carbons (Fsp3) is 0.349. The number of benzene rings is 3. The molecule has 4 fully saturated rings. The predicted molar refractivity (Wildman–Crippen MR) is 223 cm³/mol. The number of H-pyrrole nitrogens is 1. The van der Waals surface area contributed by atoms with Gasteiger partial charge in [0.05, 0.1) is 45.9 Å². The summed E-state index contributed by atoms with van der Waals surface area (Å²) >= 11 is 0. The highest BCUT2D eigenvalue weighted by Gasteiger charge is 2.53. The van der Waals surface area contributed by atoms with Gasteiger partial charge in [-0.2, -0.15) is 14.6 Å². The van der Waals surface area contributed by atoms with Crippen LogP contribution in [0.1, 0.15) is 56.8 Å². The standard InChI is InChI=1S/C43H42FN11O6S/c1-23(2)60-39-37(25-18-46-47-19-25)45-22-55-40(39)50-43(51-55)48-32-11-9-29(17-31(32)44)62(58,59)28-6-3-5-26(16-28)52-14-4-7-33-35(52)21-53(33)27-8-10-30-24(15-27)20-54(42-38(30)61-42)34-12-13-36(56)49-41(34)57/h3,5-6,8-11,15-19,22-23,33-35,38,42H,4,7,12-14,20-21H2,1-2H3,(H,46,47)(H,48,51)(H,49,56,57). The second kappa shape index (κ2) is 14.6. The SMILES string of the molecule is CC(C)Oc1c(-c2cn[nH]c2)ncn2nc(Nc3ccc(S(=O)(=O)c4cccc(N5CCCC6C5CN6c5ccc6c(c5)CN(C5CCC(=O)NC5=O)C5OC65)c4)cc3F)nc12. The van der Waals surface area contributed by atoms with Crippen molar-refractivity contribution in [1.82, 2.24) is 40.0 Å². The van der Waals surface area contributed by atoms with Gasteiger partial charge in [0.15, 0.2) is 5.75 Å². The Bertz CT molecular complexity index is 2890. The Morgan fingerprint density at radius 2 is 1.85 bits per heavy atom. The monoisotopic (exact) mass is 859 g/mol. The number of aromatic nitrogens is 6. The van der Waals surface area contributed by atoms with E-state index in [1.54, 1.807) is 30.6 Å². The zero-order valence-corrected chi connectivity index (χ0v) is 34.5. The number of ether oxygens (including phenoxy) is 2. The number of epoxide rings is 1. The first-order valence-electron chi connectivity index (χ1n) is 20.7. The third-order valence-corrected chi connectivity index (χ3v) is 14.2. The molecule has 4 saturated heterocycles. The number of hydrogen-bond donors (Lipinski definition) is 3. The van der Waals surface area contributed by atoms with Gasteiger partial charge in [-0.25, -0.2) is 17.8 Å². The number of nitrogens with one attached hydrogen (secondary N) is 3. The number of fused-ring (bicyclic) bond motifs is 5. The quantitative estimate of drug-likeness (QED) is 0.124. The minimum atomic E-state index is -4.10. The minimum Gasteiger partial charge on any atom is -0.485 e. The van der Waals surface area contributed by atoms with Crippen LogP contribution in [-0.2, 0) is 30.7 Å². The van der Waals surface area contributed by atoms with Crippen molar-refractivity contribution in [2.45, 2.75) is 92.4 Å². The van der Waals surface area contributed by atoms with Gasteiger partial charge in [-0.05, 0) is 92.8 Å². The molecule has 5 atom stereocenters. The highest BCUT2D eigenvalue weighted by atomic mass is 32.2. The maximum Gasteiger partial charge on any atom is 0.247 e. The number of imide groups is 1. The molecule has 3 aromatic heterocycles. The van der Waals surface area contributed by atoms with Crippen molar-refractivity contribution in [3.63, 3.8) is 0 Å². The predicted octanol–water partition coefficient (Wildman–Crippen LogP) is 4.89. The molecule has 62 heavy (non-hydrogen) atoms. The van der Waals surface area contributed by atoms with Crippen molar-refractivity contribution in [2.75, 3.05) is 28.2 Å². The Morgan fingerprint density at radius 3 is 2.66 bits per heavy atom. The number of rotatable bonds is 10. The van der Waals surface area contributed by atoms with Gasteiger partial charge in [-0.3, -0.25) is 24.9 Å². The van der Waals surface area contributed by atoms with Gasteiger partial charge >= 0.3 is 0 Å². The third kappa shape index (κ3) is 6.53. The lowest BCUT2D eigenvalue weighted by molar-refractivity contribution is -0.138. The zero-order valence-electron chi connectivity index (χ0n) is 33.7. The van der Waals surface area contributed by atoms with E-state index in [1.807, 2.05) is 19.9 Å². The second-order valence-electron chi connectivity index (χ2n) is 16.6. The molecule has 3 aromatic carbocycles. The van der Waals surface area contributed by atoms with Gasteiger partial charge in [-0.15, -0.1) is 5.10 Å². The van der Waals surface area contributed by atoms with Gasteiger partial charge in [-0.1, -0.05) is 12.1 Å². The zero-order chi connectivity index (χ0) is 42.4. The van der Waals surface area contributed by atoms with Crippen molar-refractivity contribution in [3.05, 3.63) is 96.3 Å². The van der Waals surface area contributed by atoms with Gasteiger partial charge < -0.3 is 24.6 Å². The van der Waals surface area contributed by atoms with Crippen LogP contribution in [0, 0.1) is 5.82 Å². The van der Waals surface area contributed by atoms with E-state index in [-0.39, 0.29) is 63.8 Å². The number of carbonyl (C=O) groups excluding carboxylic acids is 2. The smallest absolute Gasteiger partial charge is 0.247 e. The maximum atomic E-state index is 15.7. The van der Waals surface area contributed by atoms with E-state index >= 15 is 4.39 Å². The molecule has 3 N–H and O–H groups in total. The highest BCUT2D eigenvalue weighted by Crippen LogP contribution is 2.50. The number of piperidine rings is 2. The van der Waals surface area contributed by atoms with Crippen LogP contribution in [0.3, 0.4) is 0 Å². The molecule has 8 heterocycles. The Kier molecular flexibility index (Phi) is 9.06. The number of carbonyl (C=O) groups is 2. The van der Waals surface area contributed by atoms with Crippen LogP contribution in [-0.4, -0.2) is 98.5 Å². The number of aromatic amines is 1. The molecule has 5 unspecified atom stereocenters. The van der Waals surface area contributed by atoms with Crippen molar-refractivity contribution < 1.29 is 31.9 Å². The van der Waals surface area contributed by atoms with Gasteiger partial charge in [0.2, 0.25) is 33.2 Å². The van der Waals surface area contributed by atoms with Crippen molar-refractivity contribution in [2.24, 2.45) is 0 Å². The average Bonchev–Trinajstić information content (AvgIpc) is 3.65. The molecule has 19 heteroatoms. The lowest BCUT2D eigenvalue weighted by atomic mass is 9.85. The summed E-state index contributed by atoms with van der Waals surface area (Å²) in [6.45, 7) is 5.86. The molecule has 0 radical (unpaired) electrons. The topological polar surface area (TPSA) is 196 Å². The van der Waals surface area contributed by atoms with Crippen LogP contribution in [0.4, 0.5) is 27.4 Å². The van der Waals surface area contributed by atoms with Crippen molar-refractivity contribution >= 4 is 50.3 Å². The summed E-state index contributed by atoms with van der Waals surface area (Å²) < 4.78 is 57.4. The Labute approximate surface area is 355 Å². The Morgan fingerprint density at radius 1 is 1.00 bits per heavy atom. The molecule has 17 nitrogen and oxygen atoms in total. The van der Waals surface area contributed by atoms with Crippen LogP contribution >= 0.6 is 0 Å². The number of anilines is 4. The van der Waals surface area contributed by atoms with Crippen LogP contribution < -0.4 is 25.2 Å². The number of hydrogen-bond acceptors (Lipinski definition) is 14. The number of halogens is 1. The molecule has 0 aliphatic carbocycles. The summed E-state index contributed by atoms with van der Waals surface area (Å²) in [5.41, 5.74) is 5.71. The van der Waals surface area contributed by atoms with E-state index in [0.717, 1.165) is 54.5 Å². The second-order valence-corrected chi connectivity index (χ2v) is 18.6. The van der Waals surface area contributed by atoms with Gasteiger partial charge in [0, 0.05) is 49.2 Å². The molecule has 0 bridgehead atoms.